The number of ether oxygens (including phenoxy) is 1. The van der Waals surface area contributed by atoms with E-state index in [1.54, 1.807) is 12.1 Å². The van der Waals surface area contributed by atoms with E-state index in [0.29, 0.717) is 16.8 Å². The van der Waals surface area contributed by atoms with Crippen molar-refractivity contribution in [2.75, 3.05) is 0 Å². The molecule has 4 heteroatoms. The predicted octanol–water partition coefficient (Wildman–Crippen LogP) is 3.16. The fourth-order valence-electron chi connectivity index (χ4n) is 2.71. The highest BCUT2D eigenvalue weighted by atomic mass is 16.6. The van der Waals surface area contributed by atoms with Crippen LogP contribution in [-0.4, -0.2) is 16.9 Å². The molecular weight excluding hydrogens is 278 g/mol. The number of esters is 2. The molecule has 0 saturated heterocycles. The molecule has 0 unspecified atom stereocenters. The van der Waals surface area contributed by atoms with Crippen LogP contribution in [0.25, 0.3) is 22.0 Å². The number of nitrogens with one attached hydrogen (secondary N) is 1. The average molecular weight is 289 g/mol. The van der Waals surface area contributed by atoms with Crippen molar-refractivity contribution < 1.29 is 14.3 Å². The van der Waals surface area contributed by atoms with Gasteiger partial charge in [-0.2, -0.15) is 0 Å². The third-order valence-electron chi connectivity index (χ3n) is 3.71. The maximum absolute atomic E-state index is 12.1. The summed E-state index contributed by atoms with van der Waals surface area (Å²) in [7, 11) is 0. The van der Waals surface area contributed by atoms with Crippen LogP contribution in [-0.2, 0) is 14.3 Å². The number of carbonyl (C=O) groups excluding carboxylic acids is 2. The van der Waals surface area contributed by atoms with Crippen molar-refractivity contribution in [1.82, 2.24) is 4.98 Å². The van der Waals surface area contributed by atoms with E-state index in [2.05, 4.69) is 4.98 Å². The lowest BCUT2D eigenvalue weighted by molar-refractivity contribution is -0.149. The van der Waals surface area contributed by atoms with E-state index in [9.17, 15) is 9.59 Å². The third kappa shape index (κ3) is 1.85. The molecule has 0 radical (unpaired) electrons. The van der Waals surface area contributed by atoms with Gasteiger partial charge in [-0.05, 0) is 17.7 Å². The van der Waals surface area contributed by atoms with E-state index in [4.69, 9.17) is 4.74 Å². The van der Waals surface area contributed by atoms with Crippen LogP contribution >= 0.6 is 0 Å². The van der Waals surface area contributed by atoms with Gasteiger partial charge in [0, 0.05) is 10.9 Å². The first-order valence-electron chi connectivity index (χ1n) is 6.88. The fraction of sp³-hybridized carbons (Fsp3) is 0. The van der Waals surface area contributed by atoms with Gasteiger partial charge in [0.2, 0.25) is 0 Å². The molecule has 0 atom stereocenters. The number of benzene rings is 2. The van der Waals surface area contributed by atoms with Crippen molar-refractivity contribution in [3.05, 3.63) is 71.9 Å². The standard InChI is InChI=1S/C18H11NO3/c20-17-15(11-6-2-1-3-7-11)16(18(21)22-17)14-10-12-8-4-5-9-13(12)19-14/h1-10,19H. The van der Waals surface area contributed by atoms with Gasteiger partial charge in [-0.1, -0.05) is 48.5 Å². The second-order valence-electron chi connectivity index (χ2n) is 5.06. The lowest BCUT2D eigenvalue weighted by Crippen LogP contribution is -2.02. The summed E-state index contributed by atoms with van der Waals surface area (Å²) in [6.07, 6.45) is 0. The number of H-pyrrole nitrogens is 1. The molecule has 22 heavy (non-hydrogen) atoms. The number of carbonyl (C=O) groups is 2. The Morgan fingerprint density at radius 3 is 2.23 bits per heavy atom. The van der Waals surface area contributed by atoms with E-state index in [-0.39, 0.29) is 5.57 Å². The lowest BCUT2D eigenvalue weighted by Gasteiger charge is -2.00. The van der Waals surface area contributed by atoms with Gasteiger partial charge >= 0.3 is 11.9 Å². The summed E-state index contributed by atoms with van der Waals surface area (Å²) in [4.78, 5) is 27.4. The van der Waals surface area contributed by atoms with Crippen molar-refractivity contribution in [2.45, 2.75) is 0 Å². The molecule has 3 aromatic rings. The molecule has 106 valence electrons. The normalized spacial score (nSPS) is 14.7. The van der Waals surface area contributed by atoms with E-state index in [1.807, 2.05) is 48.5 Å². The Bertz CT molecular complexity index is 902. The highest BCUT2D eigenvalue weighted by molar-refractivity contribution is 6.44. The Hall–Kier alpha value is -3.14. The zero-order valence-corrected chi connectivity index (χ0v) is 11.5. The zero-order chi connectivity index (χ0) is 15.1. The molecule has 1 N–H and O–H groups in total. The van der Waals surface area contributed by atoms with Gasteiger partial charge < -0.3 is 9.72 Å². The van der Waals surface area contributed by atoms with Crippen molar-refractivity contribution in [2.24, 2.45) is 0 Å². The molecule has 1 aliphatic rings. The summed E-state index contributed by atoms with van der Waals surface area (Å²) in [6, 6.07) is 18.6. The number of rotatable bonds is 2. The molecular formula is C18H11NO3. The summed E-state index contributed by atoms with van der Waals surface area (Å²) in [5.74, 6) is -1.22. The summed E-state index contributed by atoms with van der Waals surface area (Å²) >= 11 is 0. The molecule has 4 rings (SSSR count). The molecule has 0 aliphatic carbocycles. The molecule has 0 spiro atoms. The predicted molar refractivity (Wildman–Crippen MR) is 82.7 cm³/mol. The second kappa shape index (κ2) is 4.70. The van der Waals surface area contributed by atoms with E-state index >= 15 is 0 Å². The maximum Gasteiger partial charge on any atom is 0.349 e. The number of aromatic amines is 1. The van der Waals surface area contributed by atoms with Crippen LogP contribution in [0.3, 0.4) is 0 Å². The number of aromatic nitrogens is 1. The first-order chi connectivity index (χ1) is 10.7. The smallest absolute Gasteiger partial charge is 0.349 e. The van der Waals surface area contributed by atoms with Gasteiger partial charge in [-0.15, -0.1) is 0 Å². The molecule has 1 aromatic heterocycles. The van der Waals surface area contributed by atoms with E-state index in [1.165, 1.54) is 0 Å². The largest absolute Gasteiger partial charge is 0.386 e. The van der Waals surface area contributed by atoms with E-state index < -0.39 is 11.9 Å². The Labute approximate surface area is 126 Å². The van der Waals surface area contributed by atoms with E-state index in [0.717, 1.165) is 10.9 Å². The number of fused-ring (bicyclic) bond motifs is 1. The molecule has 0 saturated carbocycles. The van der Waals surface area contributed by atoms with Crippen LogP contribution in [0.2, 0.25) is 0 Å². The number of hydrogen-bond donors (Lipinski definition) is 1. The van der Waals surface area contributed by atoms with Crippen LogP contribution < -0.4 is 0 Å². The Kier molecular flexibility index (Phi) is 2.69. The zero-order valence-electron chi connectivity index (χ0n) is 11.5. The molecule has 4 nitrogen and oxygen atoms in total. The van der Waals surface area contributed by atoms with Crippen molar-refractivity contribution in [3.63, 3.8) is 0 Å². The summed E-state index contributed by atoms with van der Waals surface area (Å²) < 4.78 is 4.82. The highest BCUT2D eigenvalue weighted by Crippen LogP contribution is 2.34. The maximum atomic E-state index is 12.1. The quantitative estimate of drug-likeness (QED) is 0.582. The first kappa shape index (κ1) is 12.6. The monoisotopic (exact) mass is 289 g/mol. The van der Waals surface area contributed by atoms with Crippen LogP contribution in [0, 0.1) is 0 Å². The molecule has 2 aromatic carbocycles. The van der Waals surface area contributed by atoms with Gasteiger partial charge in [0.15, 0.2) is 0 Å². The molecule has 2 heterocycles. The van der Waals surface area contributed by atoms with Crippen LogP contribution in [0.15, 0.2) is 60.7 Å². The SMILES string of the molecule is O=C1OC(=O)C(c2cc3ccccc3[nH]2)=C1c1ccccc1. The summed E-state index contributed by atoms with van der Waals surface area (Å²) in [5, 5.41) is 0.976. The van der Waals surface area contributed by atoms with Crippen LogP contribution in [0.4, 0.5) is 0 Å². The second-order valence-corrected chi connectivity index (χ2v) is 5.06. The number of hydrogen-bond acceptors (Lipinski definition) is 3. The van der Waals surface area contributed by atoms with Crippen molar-refractivity contribution >= 4 is 34.0 Å². The minimum Gasteiger partial charge on any atom is -0.386 e. The average Bonchev–Trinajstić information content (AvgIpc) is 3.08. The highest BCUT2D eigenvalue weighted by Gasteiger charge is 2.35. The van der Waals surface area contributed by atoms with Gasteiger partial charge in [0.1, 0.15) is 0 Å². The van der Waals surface area contributed by atoms with Gasteiger partial charge in [0.05, 0.1) is 16.8 Å². The number of para-hydroxylation sites is 1. The topological polar surface area (TPSA) is 59.2 Å². The minimum atomic E-state index is -0.615. The number of cyclic esters (lactones) is 2. The van der Waals surface area contributed by atoms with Crippen LogP contribution in [0.5, 0.6) is 0 Å². The molecule has 1 aliphatic heterocycles. The van der Waals surface area contributed by atoms with Gasteiger partial charge in [0.25, 0.3) is 0 Å². The van der Waals surface area contributed by atoms with Gasteiger partial charge in [-0.25, -0.2) is 9.59 Å². The Morgan fingerprint density at radius 2 is 1.45 bits per heavy atom. The first-order valence-corrected chi connectivity index (χ1v) is 6.88. The minimum absolute atomic E-state index is 0.285. The van der Waals surface area contributed by atoms with Crippen molar-refractivity contribution in [1.29, 1.82) is 0 Å². The van der Waals surface area contributed by atoms with Crippen molar-refractivity contribution in [3.8, 4) is 0 Å². The fourth-order valence-corrected chi connectivity index (χ4v) is 2.71. The summed E-state index contributed by atoms with van der Waals surface area (Å²) in [5.41, 5.74) is 2.76. The van der Waals surface area contributed by atoms with Gasteiger partial charge in [-0.3, -0.25) is 0 Å². The van der Waals surface area contributed by atoms with Crippen LogP contribution in [0.1, 0.15) is 11.3 Å². The Morgan fingerprint density at radius 1 is 0.773 bits per heavy atom. The third-order valence-corrected chi connectivity index (χ3v) is 3.71. The Balaban J connectivity index is 1.98. The molecule has 0 bridgehead atoms. The summed E-state index contributed by atoms with van der Waals surface area (Å²) in [6.45, 7) is 0. The molecule has 0 fully saturated rings. The molecule has 0 amide bonds. The lowest BCUT2D eigenvalue weighted by atomic mass is 10.00.